The number of hydrogen-bond acceptors (Lipinski definition) is 4. The van der Waals surface area contributed by atoms with Gasteiger partial charge in [-0.25, -0.2) is 0 Å². The SMILES string of the molecule is Cc1ccccc1N(c1ccc2c(-c3ccc(N(c4ccccc4)c4ccccc4)cc3)c3cc(N(c4ccccc4C)c4ccccc4C)ccc3c(-c3ccc(N(c4ccccc4)c4ccccc4)cc3)c2c1)c1ccccc1C. The number of aryl methyl sites for hydroxylation is 4. The number of fused-ring (bicyclic) bond motifs is 2. The number of benzene rings is 13. The lowest BCUT2D eigenvalue weighted by atomic mass is 9.85. The van der Waals surface area contributed by atoms with Gasteiger partial charge in [-0.1, -0.05) is 182 Å². The van der Waals surface area contributed by atoms with E-state index in [4.69, 9.17) is 0 Å². The summed E-state index contributed by atoms with van der Waals surface area (Å²) in [5, 5.41) is 4.63. The summed E-state index contributed by atoms with van der Waals surface area (Å²) in [5.74, 6) is 0. The maximum atomic E-state index is 2.45. The number of nitrogens with zero attached hydrogens (tertiary/aromatic N) is 4. The van der Waals surface area contributed by atoms with E-state index in [1.54, 1.807) is 0 Å². The van der Waals surface area contributed by atoms with Gasteiger partial charge >= 0.3 is 0 Å². The third-order valence-electron chi connectivity index (χ3n) is 15.9. The zero-order chi connectivity index (χ0) is 55.5. The molecule has 13 rings (SSSR count). The quantitative estimate of drug-likeness (QED) is 0.101. The van der Waals surface area contributed by atoms with Gasteiger partial charge in [-0.2, -0.15) is 0 Å². The van der Waals surface area contributed by atoms with Gasteiger partial charge in [0.2, 0.25) is 0 Å². The second-order valence-corrected chi connectivity index (χ2v) is 21.1. The van der Waals surface area contributed by atoms with Gasteiger partial charge in [-0.15, -0.1) is 0 Å². The van der Waals surface area contributed by atoms with E-state index < -0.39 is 0 Å². The van der Waals surface area contributed by atoms with Gasteiger partial charge in [0.25, 0.3) is 0 Å². The molecule has 82 heavy (non-hydrogen) atoms. The van der Waals surface area contributed by atoms with Crippen molar-refractivity contribution in [1.82, 2.24) is 0 Å². The molecule has 0 spiro atoms. The molecule has 4 nitrogen and oxygen atoms in total. The molecule has 0 unspecified atom stereocenters. The molecule has 0 aliphatic heterocycles. The van der Waals surface area contributed by atoms with E-state index in [-0.39, 0.29) is 0 Å². The normalized spacial score (nSPS) is 11.2. The van der Waals surface area contributed by atoms with E-state index >= 15 is 0 Å². The van der Waals surface area contributed by atoms with Crippen LogP contribution in [-0.2, 0) is 0 Å². The van der Waals surface area contributed by atoms with Crippen LogP contribution in [-0.4, -0.2) is 0 Å². The summed E-state index contributed by atoms with van der Waals surface area (Å²) in [7, 11) is 0. The fourth-order valence-electron chi connectivity index (χ4n) is 11.9. The second kappa shape index (κ2) is 22.4. The monoisotopic (exact) mass is 1050 g/mol. The van der Waals surface area contributed by atoms with Crippen LogP contribution in [0.3, 0.4) is 0 Å². The van der Waals surface area contributed by atoms with Crippen LogP contribution in [0.15, 0.2) is 303 Å². The van der Waals surface area contributed by atoms with Gasteiger partial charge in [0, 0.05) is 68.2 Å². The van der Waals surface area contributed by atoms with Gasteiger partial charge in [0.05, 0.1) is 0 Å². The Labute approximate surface area is 482 Å². The van der Waals surface area contributed by atoms with Gasteiger partial charge in [-0.05, 0) is 215 Å². The zero-order valence-corrected chi connectivity index (χ0v) is 46.7. The minimum atomic E-state index is 1.08. The molecule has 13 aromatic carbocycles. The average molecular weight is 1060 g/mol. The van der Waals surface area contributed by atoms with E-state index in [9.17, 15) is 0 Å². The lowest BCUT2D eigenvalue weighted by Gasteiger charge is -2.30. The summed E-state index contributed by atoms with van der Waals surface area (Å²) < 4.78 is 0. The highest BCUT2D eigenvalue weighted by Crippen LogP contribution is 2.50. The molecule has 13 aromatic rings. The molecule has 0 N–H and O–H groups in total. The first kappa shape index (κ1) is 51.0. The van der Waals surface area contributed by atoms with Crippen LogP contribution in [0.4, 0.5) is 68.2 Å². The lowest BCUT2D eigenvalue weighted by molar-refractivity contribution is 1.23. The molecule has 0 aromatic heterocycles. The molecule has 0 atom stereocenters. The van der Waals surface area contributed by atoms with Crippen molar-refractivity contribution in [1.29, 1.82) is 0 Å². The standard InChI is InChI=1S/C78H62N4/c1-55-25-17-21-37-73(55)81(74-38-22-18-26-56(74)2)67-49-51-69-71(53-67)77(59-41-45-65(46-42-59)79(61-29-9-5-10-30-61)62-31-11-6-12-32-62)70-52-50-68(82(75-39-23-19-27-57(75)3)76-40-24-20-28-58(76)4)54-72(70)78(69)60-43-47-66(48-44-60)80(63-33-13-7-14-34-63)64-35-15-8-16-36-64/h5-54H,1-4H3. The Morgan fingerprint density at radius 3 is 0.683 bits per heavy atom. The van der Waals surface area contributed by atoms with Crippen LogP contribution in [0.25, 0.3) is 43.8 Å². The molecule has 0 saturated heterocycles. The van der Waals surface area contributed by atoms with Crippen LogP contribution in [0.1, 0.15) is 22.3 Å². The maximum absolute atomic E-state index is 2.45. The maximum Gasteiger partial charge on any atom is 0.0490 e. The average Bonchev–Trinajstić information content (AvgIpc) is 3.58. The Balaban J connectivity index is 1.11. The van der Waals surface area contributed by atoms with Crippen molar-refractivity contribution < 1.29 is 0 Å². The molecular formula is C78H62N4. The first-order valence-electron chi connectivity index (χ1n) is 28.3. The topological polar surface area (TPSA) is 13.0 Å². The third-order valence-corrected chi connectivity index (χ3v) is 15.9. The van der Waals surface area contributed by atoms with Gasteiger partial charge < -0.3 is 19.6 Å². The molecule has 0 heterocycles. The molecular weight excluding hydrogens is 993 g/mol. The number of hydrogen-bond donors (Lipinski definition) is 0. The van der Waals surface area contributed by atoms with Crippen molar-refractivity contribution in [3.8, 4) is 22.3 Å². The second-order valence-electron chi connectivity index (χ2n) is 21.1. The summed E-state index contributed by atoms with van der Waals surface area (Å²) in [6.07, 6.45) is 0. The van der Waals surface area contributed by atoms with Crippen LogP contribution in [0, 0.1) is 27.7 Å². The summed E-state index contributed by atoms with van der Waals surface area (Å²) in [6, 6.07) is 110. The third kappa shape index (κ3) is 9.71. The molecule has 0 aliphatic rings. The number of para-hydroxylation sites is 8. The Morgan fingerprint density at radius 1 is 0.183 bits per heavy atom. The zero-order valence-electron chi connectivity index (χ0n) is 46.7. The Hall–Kier alpha value is -10.4. The molecule has 0 fully saturated rings. The summed E-state index contributed by atoms with van der Waals surface area (Å²) in [6.45, 7) is 8.85. The highest BCUT2D eigenvalue weighted by molar-refractivity contribution is 6.23. The molecule has 4 heteroatoms. The largest absolute Gasteiger partial charge is 0.311 e. The highest BCUT2D eigenvalue weighted by Gasteiger charge is 2.25. The summed E-state index contributed by atoms with van der Waals surface area (Å²) in [5.41, 5.74) is 22.6. The van der Waals surface area contributed by atoms with Crippen molar-refractivity contribution in [3.05, 3.63) is 326 Å². The van der Waals surface area contributed by atoms with Gasteiger partial charge in [0.1, 0.15) is 0 Å². The van der Waals surface area contributed by atoms with Crippen LogP contribution in [0.5, 0.6) is 0 Å². The van der Waals surface area contributed by atoms with E-state index in [2.05, 4.69) is 351 Å². The lowest BCUT2D eigenvalue weighted by Crippen LogP contribution is -2.13. The minimum Gasteiger partial charge on any atom is -0.311 e. The molecule has 0 aliphatic carbocycles. The van der Waals surface area contributed by atoms with E-state index in [0.29, 0.717) is 0 Å². The minimum absolute atomic E-state index is 1.08. The number of rotatable bonds is 14. The van der Waals surface area contributed by atoms with Crippen molar-refractivity contribution in [2.45, 2.75) is 27.7 Å². The van der Waals surface area contributed by atoms with Crippen molar-refractivity contribution in [2.75, 3.05) is 19.6 Å². The molecule has 394 valence electrons. The molecule has 0 saturated carbocycles. The van der Waals surface area contributed by atoms with E-state index in [0.717, 1.165) is 101 Å². The summed E-state index contributed by atoms with van der Waals surface area (Å²) in [4.78, 5) is 9.56. The molecule has 0 radical (unpaired) electrons. The first-order valence-corrected chi connectivity index (χ1v) is 28.3. The van der Waals surface area contributed by atoms with Crippen molar-refractivity contribution >= 4 is 89.8 Å². The van der Waals surface area contributed by atoms with Crippen molar-refractivity contribution in [2.24, 2.45) is 0 Å². The predicted molar refractivity (Wildman–Crippen MR) is 350 cm³/mol. The van der Waals surface area contributed by atoms with Crippen LogP contribution < -0.4 is 19.6 Å². The Kier molecular flexibility index (Phi) is 13.9. The predicted octanol–water partition coefficient (Wildman–Crippen LogP) is 22.4. The molecule has 0 amide bonds. The van der Waals surface area contributed by atoms with Gasteiger partial charge in [-0.3, -0.25) is 0 Å². The highest BCUT2D eigenvalue weighted by atomic mass is 15.2. The van der Waals surface area contributed by atoms with E-state index in [1.807, 2.05) is 0 Å². The number of anilines is 12. The van der Waals surface area contributed by atoms with Crippen LogP contribution in [0.2, 0.25) is 0 Å². The first-order chi connectivity index (χ1) is 40.4. The fraction of sp³-hybridized carbons (Fsp3) is 0.0513. The summed E-state index contributed by atoms with van der Waals surface area (Å²) >= 11 is 0. The van der Waals surface area contributed by atoms with Crippen LogP contribution >= 0.6 is 0 Å². The fourth-order valence-corrected chi connectivity index (χ4v) is 11.9. The molecule has 0 bridgehead atoms. The van der Waals surface area contributed by atoms with Gasteiger partial charge in [0.15, 0.2) is 0 Å². The smallest absolute Gasteiger partial charge is 0.0490 e. The Bertz CT molecular complexity index is 3910. The van der Waals surface area contributed by atoms with E-state index in [1.165, 1.54) is 33.4 Å². The Morgan fingerprint density at radius 2 is 0.415 bits per heavy atom. The van der Waals surface area contributed by atoms with Crippen molar-refractivity contribution in [3.63, 3.8) is 0 Å².